The fourth-order valence-corrected chi connectivity index (χ4v) is 8.54. The molecule has 6 aromatic carbocycles. The molecule has 354 valence electrons. The van der Waals surface area contributed by atoms with E-state index in [9.17, 15) is 4.79 Å². The van der Waals surface area contributed by atoms with Crippen LogP contribution in [-0.2, 0) is 78.6 Å². The van der Waals surface area contributed by atoms with Gasteiger partial charge in [0.2, 0.25) is 6.29 Å². The molecule has 0 radical (unpaired) electrons. The summed E-state index contributed by atoms with van der Waals surface area (Å²) in [6.07, 6.45) is -11.0. The Bertz CT molecular complexity index is 2410. The minimum absolute atomic E-state index is 0.125. The summed E-state index contributed by atoms with van der Waals surface area (Å²) < 4.78 is 79.0. The van der Waals surface area contributed by atoms with Crippen LogP contribution >= 0.6 is 0 Å². The van der Waals surface area contributed by atoms with Crippen LogP contribution in [0.1, 0.15) is 34.1 Å². The summed E-state index contributed by atoms with van der Waals surface area (Å²) in [5, 5.41) is 0. The third-order valence-electron chi connectivity index (χ3n) is 12.0. The summed E-state index contributed by atoms with van der Waals surface area (Å²) in [6, 6.07) is 55.8. The summed E-state index contributed by atoms with van der Waals surface area (Å²) in [4.78, 5) is 14.1. The Morgan fingerprint density at radius 1 is 0.485 bits per heavy atom. The maximum absolute atomic E-state index is 14.1. The molecule has 11 atom stereocenters. The van der Waals surface area contributed by atoms with Crippen LogP contribution in [0.5, 0.6) is 11.5 Å². The summed E-state index contributed by atoms with van der Waals surface area (Å²) in [7, 11) is 2.91. The summed E-state index contributed by atoms with van der Waals surface area (Å²) in [5.41, 5.74) is 4.39. The van der Waals surface area contributed by atoms with Crippen LogP contribution in [0.25, 0.3) is 0 Å². The van der Waals surface area contributed by atoms with Gasteiger partial charge in [-0.3, -0.25) is 0 Å². The lowest BCUT2D eigenvalue weighted by Crippen LogP contribution is -2.68. The molecule has 0 amide bonds. The monoisotopic (exact) mass is 924 g/mol. The molecular formula is C55H56O13. The first-order valence-corrected chi connectivity index (χ1v) is 22.8. The van der Waals surface area contributed by atoms with Gasteiger partial charge >= 0.3 is 5.97 Å². The van der Waals surface area contributed by atoms with Crippen molar-refractivity contribution in [1.82, 2.24) is 0 Å². The minimum atomic E-state index is -1.33. The maximum atomic E-state index is 14.1. The highest BCUT2D eigenvalue weighted by atomic mass is 16.8. The summed E-state index contributed by atoms with van der Waals surface area (Å²) in [6.45, 7) is 0.731. The van der Waals surface area contributed by atoms with E-state index >= 15 is 0 Å². The Balaban J connectivity index is 1.13. The highest BCUT2D eigenvalue weighted by molar-refractivity contribution is 5.75. The molecule has 3 aliphatic rings. The highest BCUT2D eigenvalue weighted by Crippen LogP contribution is 2.40. The standard InChI is InChI=1S/C55H56O13/c1-57-42-28-30-43(31-29-42)64-54-51(62-35-40-24-14-6-15-25-40)48(45-44(65-54)36-63-53(66-45)41-26-16-7-17-27-41)67-55-50(61-34-39-22-12-5-13-23-39)47(60-33-38-20-10-4-11-21-38)46(49(68-55)52(56)58-2)59-32-37-18-8-3-9-19-37/h3-31,44-51,53-55H,32-36H2,1-2H3/t44-,45+,46-,47+,48+,49+,50-,51-,53+,54-,55+/m1/s1. The Labute approximate surface area is 396 Å². The lowest BCUT2D eigenvalue weighted by molar-refractivity contribution is -0.392. The van der Waals surface area contributed by atoms with Crippen LogP contribution in [0.4, 0.5) is 0 Å². The van der Waals surface area contributed by atoms with Crippen LogP contribution in [0, 0.1) is 0 Å². The molecule has 3 aliphatic heterocycles. The fraction of sp³-hybridized carbons (Fsp3) is 0.327. The molecular weight excluding hydrogens is 869 g/mol. The number of carbonyl (C=O) groups excluding carboxylic acids is 1. The van der Waals surface area contributed by atoms with E-state index in [1.54, 1.807) is 31.4 Å². The average Bonchev–Trinajstić information content (AvgIpc) is 3.40. The van der Waals surface area contributed by atoms with Gasteiger partial charge in [-0.1, -0.05) is 152 Å². The SMILES string of the molecule is COC(=O)[C@H]1O[C@H](O[C@H]2[C@H]3O[C@@H](c4ccccc4)OC[C@H]3O[C@@H](Oc3ccc(OC)cc3)[C@@H]2OCc2ccccc2)[C@H](OCc2ccccc2)[C@@H](OCc2ccccc2)[C@H]1OCc1ccccc1. The molecule has 0 N–H and O–H groups in total. The van der Waals surface area contributed by atoms with E-state index in [1.165, 1.54) is 7.11 Å². The van der Waals surface area contributed by atoms with Crippen molar-refractivity contribution in [3.05, 3.63) is 204 Å². The third-order valence-corrected chi connectivity index (χ3v) is 12.0. The second-order valence-electron chi connectivity index (χ2n) is 16.6. The first-order valence-electron chi connectivity index (χ1n) is 22.8. The lowest BCUT2D eigenvalue weighted by Gasteiger charge is -2.51. The van der Waals surface area contributed by atoms with E-state index < -0.39 is 73.7 Å². The summed E-state index contributed by atoms with van der Waals surface area (Å²) in [5.74, 6) is 0.477. The molecule has 0 saturated carbocycles. The van der Waals surface area contributed by atoms with Crippen molar-refractivity contribution in [1.29, 1.82) is 0 Å². The molecule has 68 heavy (non-hydrogen) atoms. The second-order valence-corrected chi connectivity index (χ2v) is 16.6. The van der Waals surface area contributed by atoms with Crippen molar-refractivity contribution in [3.63, 3.8) is 0 Å². The lowest BCUT2D eigenvalue weighted by atomic mass is 9.95. The number of esters is 1. The normalized spacial score (nSPS) is 26.8. The predicted octanol–water partition coefficient (Wildman–Crippen LogP) is 8.54. The first kappa shape index (κ1) is 47.1. The molecule has 3 heterocycles. The van der Waals surface area contributed by atoms with Gasteiger partial charge < -0.3 is 56.8 Å². The number of hydrogen-bond acceptors (Lipinski definition) is 13. The Kier molecular flexibility index (Phi) is 16.2. The minimum Gasteiger partial charge on any atom is -0.497 e. The van der Waals surface area contributed by atoms with Crippen LogP contribution in [-0.4, -0.2) is 88.2 Å². The van der Waals surface area contributed by atoms with Gasteiger partial charge in [0.25, 0.3) is 0 Å². The van der Waals surface area contributed by atoms with Crippen molar-refractivity contribution in [2.75, 3.05) is 20.8 Å². The van der Waals surface area contributed by atoms with Crippen molar-refractivity contribution in [2.45, 2.75) is 94.1 Å². The van der Waals surface area contributed by atoms with Gasteiger partial charge in [0.1, 0.15) is 54.2 Å². The average molecular weight is 925 g/mol. The van der Waals surface area contributed by atoms with Crippen LogP contribution in [0.3, 0.4) is 0 Å². The number of methoxy groups -OCH3 is 2. The van der Waals surface area contributed by atoms with Crippen molar-refractivity contribution >= 4 is 5.97 Å². The molecule has 3 fully saturated rings. The number of rotatable bonds is 19. The molecule has 9 rings (SSSR count). The van der Waals surface area contributed by atoms with E-state index in [4.69, 9.17) is 56.8 Å². The number of benzene rings is 6. The maximum Gasteiger partial charge on any atom is 0.337 e. The van der Waals surface area contributed by atoms with E-state index in [1.807, 2.05) is 152 Å². The first-order chi connectivity index (χ1) is 33.5. The zero-order chi connectivity index (χ0) is 46.5. The molecule has 0 spiro atoms. The number of carbonyl (C=O) groups is 1. The quantitative estimate of drug-likeness (QED) is 0.0721. The highest BCUT2D eigenvalue weighted by Gasteiger charge is 2.57. The molecule has 0 aromatic heterocycles. The van der Waals surface area contributed by atoms with Gasteiger partial charge in [-0.25, -0.2) is 4.79 Å². The topological polar surface area (TPSA) is 128 Å². The van der Waals surface area contributed by atoms with E-state index in [2.05, 4.69) is 0 Å². The Morgan fingerprint density at radius 3 is 1.44 bits per heavy atom. The molecule has 0 unspecified atom stereocenters. The van der Waals surface area contributed by atoms with Gasteiger partial charge in [0.15, 0.2) is 18.7 Å². The molecule has 6 aromatic rings. The fourth-order valence-electron chi connectivity index (χ4n) is 8.54. The molecule has 0 bridgehead atoms. The largest absolute Gasteiger partial charge is 0.497 e. The Morgan fingerprint density at radius 2 is 0.941 bits per heavy atom. The van der Waals surface area contributed by atoms with Crippen molar-refractivity contribution < 1.29 is 61.6 Å². The van der Waals surface area contributed by atoms with Crippen LogP contribution in [0.15, 0.2) is 176 Å². The molecule has 13 nitrogen and oxygen atoms in total. The van der Waals surface area contributed by atoms with Crippen LogP contribution < -0.4 is 9.47 Å². The number of hydrogen-bond donors (Lipinski definition) is 0. The van der Waals surface area contributed by atoms with Gasteiger partial charge in [-0.05, 0) is 46.5 Å². The number of fused-ring (bicyclic) bond motifs is 1. The number of ether oxygens (including phenoxy) is 12. The Hall–Kier alpha value is -5.97. The van der Waals surface area contributed by atoms with Crippen molar-refractivity contribution in [2.24, 2.45) is 0 Å². The molecule has 13 heteroatoms. The smallest absolute Gasteiger partial charge is 0.337 e. The molecule has 3 saturated heterocycles. The van der Waals surface area contributed by atoms with Crippen LogP contribution in [0.2, 0.25) is 0 Å². The third kappa shape index (κ3) is 11.8. The van der Waals surface area contributed by atoms with Crippen molar-refractivity contribution in [3.8, 4) is 11.5 Å². The van der Waals surface area contributed by atoms with E-state index in [0.29, 0.717) is 11.5 Å². The predicted molar refractivity (Wildman–Crippen MR) is 248 cm³/mol. The van der Waals surface area contributed by atoms with Gasteiger partial charge in [0.05, 0.1) is 47.3 Å². The van der Waals surface area contributed by atoms with E-state index in [-0.39, 0.29) is 33.0 Å². The van der Waals surface area contributed by atoms with E-state index in [0.717, 1.165) is 27.8 Å². The molecule has 0 aliphatic carbocycles. The second kappa shape index (κ2) is 23.4. The zero-order valence-corrected chi connectivity index (χ0v) is 37.9. The zero-order valence-electron chi connectivity index (χ0n) is 37.9. The van der Waals surface area contributed by atoms with Gasteiger partial charge in [-0.2, -0.15) is 0 Å². The van der Waals surface area contributed by atoms with Gasteiger partial charge in [0, 0.05) is 5.56 Å². The summed E-state index contributed by atoms with van der Waals surface area (Å²) >= 11 is 0. The van der Waals surface area contributed by atoms with Gasteiger partial charge in [-0.15, -0.1) is 0 Å².